The summed E-state index contributed by atoms with van der Waals surface area (Å²) in [6.07, 6.45) is 0. The second-order valence-electron chi connectivity index (χ2n) is 2.96. The van der Waals surface area contributed by atoms with E-state index in [9.17, 15) is 0 Å². The Bertz CT molecular complexity index is 307. The number of hydrogen-bond donors (Lipinski definition) is 3. The van der Waals surface area contributed by atoms with Crippen LogP contribution in [0.3, 0.4) is 0 Å². The van der Waals surface area contributed by atoms with E-state index in [1.807, 2.05) is 12.1 Å². The molecule has 0 atom stereocenters. The van der Waals surface area contributed by atoms with Crippen molar-refractivity contribution in [3.63, 3.8) is 0 Å². The molecule has 0 amide bonds. The predicted octanol–water partition coefficient (Wildman–Crippen LogP) is 1.34. The Balaban J connectivity index is 2.34. The molecule has 0 aromatic heterocycles. The van der Waals surface area contributed by atoms with Gasteiger partial charge in [0.15, 0.2) is 0 Å². The van der Waals surface area contributed by atoms with Gasteiger partial charge in [0.2, 0.25) is 0 Å². The summed E-state index contributed by atoms with van der Waals surface area (Å²) >= 11 is 5.85. The molecule has 0 unspecified atom stereocenters. The third kappa shape index (κ3) is 3.95. The summed E-state index contributed by atoms with van der Waals surface area (Å²) < 4.78 is 5.09. The molecule has 15 heavy (non-hydrogen) atoms. The van der Waals surface area contributed by atoms with Crippen molar-refractivity contribution in [3.05, 3.63) is 23.2 Å². The van der Waals surface area contributed by atoms with E-state index < -0.39 is 0 Å². The smallest absolute Gasteiger partial charge is 0.0739 e. The van der Waals surface area contributed by atoms with Gasteiger partial charge in [0, 0.05) is 6.54 Å². The van der Waals surface area contributed by atoms with Gasteiger partial charge >= 0.3 is 0 Å². The van der Waals surface area contributed by atoms with E-state index in [0.717, 1.165) is 5.69 Å². The lowest BCUT2D eigenvalue weighted by Gasteiger charge is -2.10. The number of aliphatic hydroxyl groups is 1. The fourth-order valence-corrected chi connectivity index (χ4v) is 1.29. The Morgan fingerprint density at radius 1 is 1.40 bits per heavy atom. The van der Waals surface area contributed by atoms with Crippen molar-refractivity contribution in [2.45, 2.75) is 0 Å². The van der Waals surface area contributed by atoms with E-state index in [2.05, 4.69) is 5.32 Å². The van der Waals surface area contributed by atoms with Gasteiger partial charge in [-0.1, -0.05) is 17.7 Å². The van der Waals surface area contributed by atoms with Gasteiger partial charge in [-0.15, -0.1) is 0 Å². The maximum atomic E-state index is 8.48. The Kier molecular flexibility index (Phi) is 5.25. The summed E-state index contributed by atoms with van der Waals surface area (Å²) in [7, 11) is 0. The van der Waals surface area contributed by atoms with Crippen LogP contribution in [0.2, 0.25) is 5.02 Å². The molecule has 1 aromatic carbocycles. The number of aliphatic hydroxyl groups excluding tert-OH is 1. The van der Waals surface area contributed by atoms with Crippen molar-refractivity contribution in [2.24, 2.45) is 0 Å². The highest BCUT2D eigenvalue weighted by Gasteiger charge is 2.01. The van der Waals surface area contributed by atoms with E-state index in [0.29, 0.717) is 30.5 Å². The molecule has 0 saturated heterocycles. The molecular weight excluding hydrogens is 216 g/mol. The highest BCUT2D eigenvalue weighted by atomic mass is 35.5. The first-order valence-electron chi connectivity index (χ1n) is 4.72. The van der Waals surface area contributed by atoms with E-state index in [-0.39, 0.29) is 6.61 Å². The highest BCUT2D eigenvalue weighted by Crippen LogP contribution is 2.26. The molecule has 0 saturated carbocycles. The van der Waals surface area contributed by atoms with Crippen LogP contribution in [0.25, 0.3) is 0 Å². The van der Waals surface area contributed by atoms with Crippen LogP contribution in [-0.2, 0) is 4.74 Å². The van der Waals surface area contributed by atoms with E-state index in [4.69, 9.17) is 27.2 Å². The maximum absolute atomic E-state index is 8.48. The topological polar surface area (TPSA) is 67.5 Å². The van der Waals surface area contributed by atoms with E-state index >= 15 is 0 Å². The number of benzene rings is 1. The van der Waals surface area contributed by atoms with Crippen molar-refractivity contribution in [1.82, 2.24) is 0 Å². The van der Waals surface area contributed by atoms with Crippen molar-refractivity contribution < 1.29 is 9.84 Å². The Hall–Kier alpha value is -0.970. The summed E-state index contributed by atoms with van der Waals surface area (Å²) in [5.41, 5.74) is 7.09. The molecule has 0 fully saturated rings. The molecule has 84 valence electrons. The van der Waals surface area contributed by atoms with Crippen LogP contribution in [0.1, 0.15) is 0 Å². The molecule has 5 heteroatoms. The monoisotopic (exact) mass is 230 g/mol. The molecule has 4 N–H and O–H groups in total. The van der Waals surface area contributed by atoms with Crippen LogP contribution >= 0.6 is 11.6 Å². The number of rotatable bonds is 6. The van der Waals surface area contributed by atoms with Crippen LogP contribution in [-0.4, -0.2) is 31.5 Å². The summed E-state index contributed by atoms with van der Waals surface area (Å²) in [4.78, 5) is 0. The molecular formula is C10H15ClN2O2. The van der Waals surface area contributed by atoms with Crippen LogP contribution in [0.5, 0.6) is 0 Å². The summed E-state index contributed by atoms with van der Waals surface area (Å²) in [6, 6.07) is 5.42. The number of nitrogens with two attached hydrogens (primary N) is 1. The average molecular weight is 231 g/mol. The van der Waals surface area contributed by atoms with Gasteiger partial charge in [0.25, 0.3) is 0 Å². The van der Waals surface area contributed by atoms with Crippen LogP contribution in [0, 0.1) is 0 Å². The SMILES string of the molecule is Nc1c(Cl)cccc1NCCOCCO. The largest absolute Gasteiger partial charge is 0.396 e. The molecule has 1 aromatic rings. The highest BCUT2D eigenvalue weighted by molar-refractivity contribution is 6.33. The molecule has 0 aliphatic rings. The quantitative estimate of drug-likeness (QED) is 0.510. The van der Waals surface area contributed by atoms with Crippen LogP contribution in [0.4, 0.5) is 11.4 Å². The third-order valence-electron chi connectivity index (χ3n) is 1.85. The number of anilines is 2. The Morgan fingerprint density at radius 3 is 2.93 bits per heavy atom. The van der Waals surface area contributed by atoms with Gasteiger partial charge in [-0.25, -0.2) is 0 Å². The predicted molar refractivity (Wildman–Crippen MR) is 62.3 cm³/mol. The van der Waals surface area contributed by atoms with Gasteiger partial charge < -0.3 is 20.9 Å². The first-order chi connectivity index (χ1) is 7.25. The van der Waals surface area contributed by atoms with E-state index in [1.54, 1.807) is 6.07 Å². The average Bonchev–Trinajstić information content (AvgIpc) is 2.24. The number of para-hydroxylation sites is 1. The number of hydrogen-bond acceptors (Lipinski definition) is 4. The number of ether oxygens (including phenoxy) is 1. The standard InChI is InChI=1S/C10H15ClN2O2/c11-8-2-1-3-9(10(8)12)13-4-6-15-7-5-14/h1-3,13-14H,4-7,12H2. The summed E-state index contributed by atoms with van der Waals surface area (Å²) in [6.45, 7) is 1.54. The number of halogens is 1. The first-order valence-corrected chi connectivity index (χ1v) is 5.10. The van der Waals surface area contributed by atoms with Crippen LogP contribution in [0.15, 0.2) is 18.2 Å². The maximum Gasteiger partial charge on any atom is 0.0739 e. The minimum absolute atomic E-state index is 0.0410. The first kappa shape index (κ1) is 12.1. The van der Waals surface area contributed by atoms with Gasteiger partial charge in [-0.2, -0.15) is 0 Å². The molecule has 0 spiro atoms. The minimum atomic E-state index is 0.0410. The normalized spacial score (nSPS) is 10.3. The summed E-state index contributed by atoms with van der Waals surface area (Å²) in [5, 5.41) is 12.1. The van der Waals surface area contributed by atoms with E-state index in [1.165, 1.54) is 0 Å². The molecule has 4 nitrogen and oxygen atoms in total. The Labute approximate surface area is 94.0 Å². The van der Waals surface area contributed by atoms with Gasteiger partial charge in [0.05, 0.1) is 36.2 Å². The van der Waals surface area contributed by atoms with Gasteiger partial charge in [-0.05, 0) is 12.1 Å². The zero-order valence-electron chi connectivity index (χ0n) is 8.37. The zero-order chi connectivity index (χ0) is 11.1. The second-order valence-corrected chi connectivity index (χ2v) is 3.37. The fourth-order valence-electron chi connectivity index (χ4n) is 1.12. The number of nitrogens with one attached hydrogen (secondary N) is 1. The fraction of sp³-hybridized carbons (Fsp3) is 0.400. The molecule has 0 bridgehead atoms. The molecule has 0 radical (unpaired) electrons. The van der Waals surface area contributed by atoms with Crippen molar-refractivity contribution in [2.75, 3.05) is 37.4 Å². The van der Waals surface area contributed by atoms with Crippen LogP contribution < -0.4 is 11.1 Å². The van der Waals surface area contributed by atoms with Crippen molar-refractivity contribution >= 4 is 23.0 Å². The third-order valence-corrected chi connectivity index (χ3v) is 2.18. The molecule has 0 aliphatic carbocycles. The van der Waals surface area contributed by atoms with Gasteiger partial charge in [0.1, 0.15) is 0 Å². The van der Waals surface area contributed by atoms with Gasteiger partial charge in [-0.3, -0.25) is 0 Å². The van der Waals surface area contributed by atoms with Crippen molar-refractivity contribution in [3.8, 4) is 0 Å². The molecule has 1 rings (SSSR count). The van der Waals surface area contributed by atoms with Crippen molar-refractivity contribution in [1.29, 1.82) is 0 Å². The number of nitrogen functional groups attached to an aromatic ring is 1. The molecule has 0 heterocycles. The zero-order valence-corrected chi connectivity index (χ0v) is 9.13. The minimum Gasteiger partial charge on any atom is -0.396 e. The second kappa shape index (κ2) is 6.50. The Morgan fingerprint density at radius 2 is 2.20 bits per heavy atom. The summed E-state index contributed by atoms with van der Waals surface area (Å²) in [5.74, 6) is 0. The lowest BCUT2D eigenvalue weighted by molar-refractivity contribution is 0.0992. The molecule has 0 aliphatic heterocycles. The lowest BCUT2D eigenvalue weighted by atomic mass is 10.2. The lowest BCUT2D eigenvalue weighted by Crippen LogP contribution is -2.12.